The van der Waals surface area contributed by atoms with E-state index in [2.05, 4.69) is 15.5 Å². The van der Waals surface area contributed by atoms with Crippen LogP contribution in [0.5, 0.6) is 0 Å². The summed E-state index contributed by atoms with van der Waals surface area (Å²) in [7, 11) is 0. The van der Waals surface area contributed by atoms with Gasteiger partial charge in [0.1, 0.15) is 5.82 Å². The Morgan fingerprint density at radius 1 is 1.38 bits per heavy atom. The van der Waals surface area contributed by atoms with E-state index in [1.807, 2.05) is 11.5 Å². The molecule has 140 valence electrons. The molecule has 1 N–H and O–H groups in total. The van der Waals surface area contributed by atoms with Gasteiger partial charge in [0.05, 0.1) is 21.5 Å². The molecule has 5 nitrogen and oxygen atoms in total. The Labute approximate surface area is 157 Å². The van der Waals surface area contributed by atoms with E-state index < -0.39 is 22.9 Å². The summed E-state index contributed by atoms with van der Waals surface area (Å²) < 4.78 is 40.5. The molecule has 2 aromatic rings. The Bertz CT molecular complexity index is 835. The summed E-state index contributed by atoms with van der Waals surface area (Å²) in [6, 6.07) is 3.18. The number of anilines is 1. The Balaban J connectivity index is 1.72. The van der Waals surface area contributed by atoms with E-state index in [1.54, 1.807) is 6.92 Å². The topological polar surface area (TPSA) is 59.8 Å². The van der Waals surface area contributed by atoms with Gasteiger partial charge in [-0.05, 0) is 44.9 Å². The SMILES string of the molecule is Cc1nnc(S[C@@H](C)C(=O)Nc2cc(C(F)(F)F)ccc2Cl)n1C1CC1. The average molecular weight is 405 g/mol. The van der Waals surface area contributed by atoms with Gasteiger partial charge in [-0.15, -0.1) is 10.2 Å². The molecule has 0 saturated heterocycles. The second-order valence-corrected chi connectivity index (χ2v) is 7.79. The smallest absolute Gasteiger partial charge is 0.324 e. The van der Waals surface area contributed by atoms with Gasteiger partial charge < -0.3 is 9.88 Å². The van der Waals surface area contributed by atoms with Crippen molar-refractivity contribution in [2.75, 3.05) is 5.32 Å². The number of carbonyl (C=O) groups excluding carboxylic acids is 1. The molecule has 1 heterocycles. The lowest BCUT2D eigenvalue weighted by atomic mass is 10.2. The second-order valence-electron chi connectivity index (χ2n) is 6.07. The third-order valence-corrected chi connectivity index (χ3v) is 5.34. The maximum absolute atomic E-state index is 12.8. The van der Waals surface area contributed by atoms with E-state index in [1.165, 1.54) is 11.8 Å². The van der Waals surface area contributed by atoms with Gasteiger partial charge in [0.15, 0.2) is 5.16 Å². The largest absolute Gasteiger partial charge is 0.416 e. The summed E-state index contributed by atoms with van der Waals surface area (Å²) in [6.45, 7) is 3.51. The molecule has 1 aliphatic carbocycles. The van der Waals surface area contributed by atoms with Crippen molar-refractivity contribution in [2.45, 2.75) is 49.3 Å². The molecule has 1 aromatic heterocycles. The number of hydrogen-bond acceptors (Lipinski definition) is 4. The highest BCUT2D eigenvalue weighted by Crippen LogP contribution is 2.39. The number of hydrogen-bond donors (Lipinski definition) is 1. The molecule has 0 bridgehead atoms. The van der Waals surface area contributed by atoms with Crippen molar-refractivity contribution < 1.29 is 18.0 Å². The maximum atomic E-state index is 12.8. The van der Waals surface area contributed by atoms with Crippen LogP contribution in [0, 0.1) is 6.92 Å². The zero-order valence-corrected chi connectivity index (χ0v) is 15.5. The van der Waals surface area contributed by atoms with Crippen LogP contribution in [0.3, 0.4) is 0 Å². The number of nitrogens with zero attached hydrogens (tertiary/aromatic N) is 3. The fraction of sp³-hybridized carbons (Fsp3) is 0.438. The number of rotatable bonds is 5. The van der Waals surface area contributed by atoms with E-state index in [0.29, 0.717) is 11.2 Å². The van der Waals surface area contributed by atoms with Gasteiger partial charge in [-0.2, -0.15) is 13.2 Å². The molecular formula is C16H16ClF3N4OS. The lowest BCUT2D eigenvalue weighted by Gasteiger charge is -2.15. The number of thioether (sulfide) groups is 1. The maximum Gasteiger partial charge on any atom is 0.416 e. The lowest BCUT2D eigenvalue weighted by Crippen LogP contribution is -2.23. The Kier molecular flexibility index (Phi) is 5.21. The third kappa shape index (κ3) is 4.15. The summed E-state index contributed by atoms with van der Waals surface area (Å²) in [4.78, 5) is 12.4. The van der Waals surface area contributed by atoms with Crippen molar-refractivity contribution in [3.05, 3.63) is 34.6 Å². The standard InChI is InChI=1S/C16H16ClF3N4OS/c1-8(26-15-23-22-9(2)24(15)11-4-5-11)14(25)21-13-7-10(16(18,19)20)3-6-12(13)17/h3,6-8,11H,4-5H2,1-2H3,(H,21,25)/t8-/m0/s1. The van der Waals surface area contributed by atoms with Crippen molar-refractivity contribution in [2.24, 2.45) is 0 Å². The first-order chi connectivity index (χ1) is 12.2. The predicted molar refractivity (Wildman–Crippen MR) is 93.4 cm³/mol. The molecule has 3 rings (SSSR count). The van der Waals surface area contributed by atoms with Gasteiger partial charge in [0.25, 0.3) is 0 Å². The molecule has 1 atom stereocenters. The number of aryl methyl sites for hydroxylation is 1. The third-order valence-electron chi connectivity index (χ3n) is 3.95. The minimum Gasteiger partial charge on any atom is -0.324 e. The Morgan fingerprint density at radius 3 is 2.69 bits per heavy atom. The van der Waals surface area contributed by atoms with Crippen LogP contribution in [0.25, 0.3) is 0 Å². The molecule has 0 aliphatic heterocycles. The zero-order chi connectivity index (χ0) is 19.1. The van der Waals surface area contributed by atoms with Crippen LogP contribution >= 0.6 is 23.4 Å². The monoisotopic (exact) mass is 404 g/mol. The molecule has 0 unspecified atom stereocenters. The van der Waals surface area contributed by atoms with E-state index >= 15 is 0 Å². The van der Waals surface area contributed by atoms with Crippen molar-refractivity contribution in [3.8, 4) is 0 Å². The fourth-order valence-corrected chi connectivity index (χ4v) is 3.56. The second kappa shape index (κ2) is 7.11. The Morgan fingerprint density at radius 2 is 2.08 bits per heavy atom. The Hall–Kier alpha value is -1.74. The van der Waals surface area contributed by atoms with E-state index in [0.717, 1.165) is 36.9 Å². The van der Waals surface area contributed by atoms with Crippen molar-refractivity contribution in [1.82, 2.24) is 14.8 Å². The molecule has 1 aromatic carbocycles. The van der Waals surface area contributed by atoms with Gasteiger partial charge >= 0.3 is 6.18 Å². The minimum absolute atomic E-state index is 0.0422. The molecule has 1 aliphatic rings. The van der Waals surface area contributed by atoms with Crippen LogP contribution in [0.15, 0.2) is 23.4 Å². The molecule has 1 fully saturated rings. The van der Waals surface area contributed by atoms with E-state index in [9.17, 15) is 18.0 Å². The van der Waals surface area contributed by atoms with Gasteiger partial charge in [0, 0.05) is 6.04 Å². The van der Waals surface area contributed by atoms with E-state index in [-0.39, 0.29) is 10.7 Å². The first-order valence-electron chi connectivity index (χ1n) is 7.92. The number of alkyl halides is 3. The highest BCUT2D eigenvalue weighted by atomic mass is 35.5. The van der Waals surface area contributed by atoms with Crippen LogP contribution in [0.4, 0.5) is 18.9 Å². The van der Waals surface area contributed by atoms with Gasteiger partial charge in [0.2, 0.25) is 5.91 Å². The van der Waals surface area contributed by atoms with Crippen molar-refractivity contribution >= 4 is 35.0 Å². The molecular weight excluding hydrogens is 389 g/mol. The summed E-state index contributed by atoms with van der Waals surface area (Å²) in [5, 5.41) is 10.7. The van der Waals surface area contributed by atoms with Crippen LogP contribution in [-0.2, 0) is 11.0 Å². The first-order valence-corrected chi connectivity index (χ1v) is 9.18. The zero-order valence-electron chi connectivity index (χ0n) is 14.0. The number of aromatic nitrogens is 3. The van der Waals surface area contributed by atoms with E-state index in [4.69, 9.17) is 11.6 Å². The van der Waals surface area contributed by atoms with Crippen LogP contribution in [-0.4, -0.2) is 25.9 Å². The van der Waals surface area contributed by atoms with Gasteiger partial charge in [-0.1, -0.05) is 23.4 Å². The molecule has 0 radical (unpaired) electrons. The van der Waals surface area contributed by atoms with Gasteiger partial charge in [-0.25, -0.2) is 0 Å². The van der Waals surface area contributed by atoms with Crippen LogP contribution < -0.4 is 5.32 Å². The number of nitrogens with one attached hydrogen (secondary N) is 1. The predicted octanol–water partition coefficient (Wildman–Crippen LogP) is 4.71. The molecule has 10 heteroatoms. The molecule has 1 saturated carbocycles. The summed E-state index contributed by atoms with van der Waals surface area (Å²) in [5.41, 5.74) is -0.944. The number of benzene rings is 1. The summed E-state index contributed by atoms with van der Waals surface area (Å²) in [6.07, 6.45) is -2.41. The highest BCUT2D eigenvalue weighted by Gasteiger charge is 2.32. The fourth-order valence-electron chi connectivity index (χ4n) is 2.43. The summed E-state index contributed by atoms with van der Waals surface area (Å²) >= 11 is 7.13. The lowest BCUT2D eigenvalue weighted by molar-refractivity contribution is -0.137. The molecule has 1 amide bonds. The van der Waals surface area contributed by atoms with Crippen LogP contribution in [0.1, 0.15) is 37.2 Å². The average Bonchev–Trinajstić information content (AvgIpc) is 3.32. The van der Waals surface area contributed by atoms with Crippen molar-refractivity contribution in [3.63, 3.8) is 0 Å². The number of carbonyl (C=O) groups is 1. The first kappa shape index (κ1) is 19.0. The van der Waals surface area contributed by atoms with Crippen molar-refractivity contribution in [1.29, 1.82) is 0 Å². The minimum atomic E-state index is -4.51. The van der Waals surface area contributed by atoms with Gasteiger partial charge in [-0.3, -0.25) is 4.79 Å². The normalized spacial score (nSPS) is 15.8. The number of amides is 1. The highest BCUT2D eigenvalue weighted by molar-refractivity contribution is 8.00. The summed E-state index contributed by atoms with van der Waals surface area (Å²) in [5.74, 6) is 0.322. The molecule has 0 spiro atoms. The molecule has 26 heavy (non-hydrogen) atoms. The quantitative estimate of drug-likeness (QED) is 0.733. The number of halogens is 4. The van der Waals surface area contributed by atoms with Crippen LogP contribution in [0.2, 0.25) is 5.02 Å².